The minimum atomic E-state index is -0.657. The van der Waals surface area contributed by atoms with Gasteiger partial charge in [-0.1, -0.05) is 83.1 Å². The Kier molecular flexibility index (Phi) is 10.6. The van der Waals surface area contributed by atoms with Crippen molar-refractivity contribution in [2.45, 2.75) is 83.1 Å². The number of halogens is 2. The molecule has 0 saturated carbocycles. The average Bonchev–Trinajstić information content (AvgIpc) is 2.97. The highest BCUT2D eigenvalue weighted by Crippen LogP contribution is 2.40. The van der Waals surface area contributed by atoms with E-state index in [2.05, 4.69) is 20.5 Å². The van der Waals surface area contributed by atoms with Gasteiger partial charge in [0.25, 0.3) is 0 Å². The molecule has 0 atom stereocenters. The molecule has 0 bridgehead atoms. The summed E-state index contributed by atoms with van der Waals surface area (Å²) in [6.07, 6.45) is 10.4. The molecule has 2 aromatic carbocycles. The first-order chi connectivity index (χ1) is 23.0. The molecule has 0 spiro atoms. The van der Waals surface area contributed by atoms with Crippen LogP contribution >= 0.6 is 0 Å². The maximum absolute atomic E-state index is 15.2. The third kappa shape index (κ3) is 8.89. The summed E-state index contributed by atoms with van der Waals surface area (Å²) in [5, 5.41) is 16.6. The van der Waals surface area contributed by atoms with E-state index in [4.69, 9.17) is 0 Å². The zero-order valence-corrected chi connectivity index (χ0v) is 31.3. The van der Waals surface area contributed by atoms with Crippen molar-refractivity contribution in [2.24, 2.45) is 42.1 Å². The van der Waals surface area contributed by atoms with Gasteiger partial charge >= 0.3 is 0 Å². The lowest BCUT2D eigenvalue weighted by Gasteiger charge is -2.31. The second kappa shape index (κ2) is 13.9. The molecule has 50 heavy (non-hydrogen) atoms. The highest BCUT2D eigenvalue weighted by molar-refractivity contribution is 6.12. The van der Waals surface area contributed by atoms with E-state index in [1.807, 2.05) is 107 Å². The maximum Gasteiger partial charge on any atom is 0.186 e. The highest BCUT2D eigenvalue weighted by Gasteiger charge is 2.35. The monoisotopic (exact) mass is 678 g/mol. The van der Waals surface area contributed by atoms with Crippen molar-refractivity contribution in [3.8, 4) is 11.1 Å². The lowest BCUT2D eigenvalue weighted by molar-refractivity contribution is -0.114. The molecule has 8 heteroatoms. The predicted octanol–water partition coefficient (Wildman–Crippen LogP) is 12.6. The van der Waals surface area contributed by atoms with E-state index in [0.717, 1.165) is 11.1 Å². The first kappa shape index (κ1) is 38.1. The number of hydrogen-bond acceptors (Lipinski definition) is 6. The highest BCUT2D eigenvalue weighted by atomic mass is 19.1. The minimum absolute atomic E-state index is 0.0230. The molecule has 0 heterocycles. The Bertz CT molecular complexity index is 1760. The number of Topliss-reactive ketones (excluding diaryl/α,β-unsaturated/α-hetero) is 2. The van der Waals surface area contributed by atoms with E-state index in [-0.39, 0.29) is 55.7 Å². The van der Waals surface area contributed by atoms with Gasteiger partial charge in [0, 0.05) is 45.6 Å². The molecular formula is C42H48F2N4O2. The number of azo groups is 2. The van der Waals surface area contributed by atoms with Gasteiger partial charge in [-0.05, 0) is 81.4 Å². The Hall–Kier alpha value is -4.72. The topological polar surface area (TPSA) is 83.6 Å². The number of ketones is 2. The maximum atomic E-state index is 15.2. The van der Waals surface area contributed by atoms with E-state index >= 15 is 8.78 Å². The average molecular weight is 679 g/mol. The Morgan fingerprint density at radius 2 is 0.760 bits per heavy atom. The first-order valence-electron chi connectivity index (χ1n) is 16.8. The van der Waals surface area contributed by atoms with Crippen LogP contribution in [-0.4, -0.2) is 11.6 Å². The fourth-order valence-corrected chi connectivity index (χ4v) is 5.57. The first-order valence-corrected chi connectivity index (χ1v) is 16.8. The van der Waals surface area contributed by atoms with E-state index in [1.165, 1.54) is 24.3 Å². The molecule has 0 aliphatic heterocycles. The fraction of sp³-hybridized carbons (Fsp3) is 0.381. The molecule has 0 aromatic heterocycles. The van der Waals surface area contributed by atoms with Crippen LogP contribution in [0.2, 0.25) is 0 Å². The quantitative estimate of drug-likeness (QED) is 0.295. The van der Waals surface area contributed by atoms with Crippen LogP contribution in [0.5, 0.6) is 0 Å². The SMILES string of the molecule is CC(C)(C)C1=CC(=C/N=N/c2ccc(-c3ccc(/N=N/C=C4C=C(C(C)(C)C)C(=O)C(C(C)(C)C)=C4)cc3F)c(F)c2)C=C(C(C)(C)C)C1=O. The second-order valence-electron chi connectivity index (χ2n) is 16.9. The van der Waals surface area contributed by atoms with Crippen LogP contribution in [0.4, 0.5) is 20.2 Å². The summed E-state index contributed by atoms with van der Waals surface area (Å²) in [5.74, 6) is -1.27. The van der Waals surface area contributed by atoms with Crippen LogP contribution < -0.4 is 0 Å². The number of allylic oxidation sites excluding steroid dienone is 10. The third-order valence-electron chi connectivity index (χ3n) is 8.41. The Labute approximate surface area is 295 Å². The van der Waals surface area contributed by atoms with E-state index in [9.17, 15) is 9.59 Å². The van der Waals surface area contributed by atoms with Crippen molar-refractivity contribution >= 4 is 22.9 Å². The van der Waals surface area contributed by atoms with Gasteiger partial charge in [-0.25, -0.2) is 8.78 Å². The summed E-state index contributed by atoms with van der Waals surface area (Å²) in [7, 11) is 0. The molecule has 0 amide bonds. The molecule has 0 radical (unpaired) electrons. The van der Waals surface area contributed by atoms with Crippen LogP contribution in [0.3, 0.4) is 0 Å². The molecule has 4 rings (SSSR count). The molecule has 0 saturated heterocycles. The van der Waals surface area contributed by atoms with Crippen LogP contribution in [-0.2, 0) is 9.59 Å². The van der Waals surface area contributed by atoms with E-state index < -0.39 is 11.6 Å². The van der Waals surface area contributed by atoms with Gasteiger partial charge in [-0.3, -0.25) is 9.59 Å². The van der Waals surface area contributed by atoms with Gasteiger partial charge in [0.15, 0.2) is 11.6 Å². The number of rotatable bonds is 5. The molecular weight excluding hydrogens is 630 g/mol. The van der Waals surface area contributed by atoms with Crippen LogP contribution in [0.1, 0.15) is 83.1 Å². The summed E-state index contributed by atoms with van der Waals surface area (Å²) >= 11 is 0. The zero-order valence-electron chi connectivity index (χ0n) is 31.3. The third-order valence-corrected chi connectivity index (χ3v) is 8.41. The summed E-state index contributed by atoms with van der Waals surface area (Å²) in [4.78, 5) is 26.3. The summed E-state index contributed by atoms with van der Waals surface area (Å²) in [6, 6.07) is 8.42. The Balaban J connectivity index is 1.55. The number of hydrogen-bond donors (Lipinski definition) is 0. The molecule has 2 aliphatic carbocycles. The number of benzene rings is 2. The van der Waals surface area contributed by atoms with Gasteiger partial charge in [-0.2, -0.15) is 20.5 Å². The van der Waals surface area contributed by atoms with E-state index in [0.29, 0.717) is 22.3 Å². The fourth-order valence-electron chi connectivity index (χ4n) is 5.57. The normalized spacial score (nSPS) is 16.5. The number of carbonyl (C=O) groups is 2. The van der Waals surface area contributed by atoms with Crippen molar-refractivity contribution in [3.63, 3.8) is 0 Å². The van der Waals surface area contributed by atoms with Gasteiger partial charge in [0.2, 0.25) is 0 Å². The van der Waals surface area contributed by atoms with Gasteiger partial charge in [0.1, 0.15) is 11.6 Å². The van der Waals surface area contributed by atoms with Crippen molar-refractivity contribution < 1.29 is 18.4 Å². The Morgan fingerprint density at radius 1 is 0.480 bits per heavy atom. The van der Waals surface area contributed by atoms with Crippen molar-refractivity contribution in [2.75, 3.05) is 0 Å². The van der Waals surface area contributed by atoms with Crippen LogP contribution in [0.25, 0.3) is 11.1 Å². The van der Waals surface area contributed by atoms with Gasteiger partial charge in [0.05, 0.1) is 23.8 Å². The standard InChI is InChI=1S/C42H48F2N4O2/c1-39(2,3)31-17-25(18-32(37(31)49)40(4,5)6)23-45-47-27-13-15-29(35(43)21-27)30-16-14-28(22-36(30)44)48-46-24-26-19-33(41(7,8)9)38(50)34(20-26)42(10,11)12/h13-24H,1-12H3/b47-45+,48-46+. The lowest BCUT2D eigenvalue weighted by atomic mass is 9.72. The second-order valence-corrected chi connectivity index (χ2v) is 16.9. The van der Waals surface area contributed by atoms with Crippen molar-refractivity contribution in [1.82, 2.24) is 0 Å². The summed E-state index contributed by atoms with van der Waals surface area (Å²) < 4.78 is 30.5. The summed E-state index contributed by atoms with van der Waals surface area (Å²) in [6.45, 7) is 23.9. The van der Waals surface area contributed by atoms with E-state index in [1.54, 1.807) is 24.5 Å². The van der Waals surface area contributed by atoms with Crippen LogP contribution in [0.15, 0.2) is 127 Å². The predicted molar refractivity (Wildman–Crippen MR) is 197 cm³/mol. The number of carbonyl (C=O) groups excluding carboxylic acids is 2. The number of nitrogens with zero attached hydrogens (tertiary/aromatic N) is 4. The molecule has 0 unspecified atom stereocenters. The van der Waals surface area contributed by atoms with Crippen molar-refractivity contribution in [3.05, 3.63) is 118 Å². The van der Waals surface area contributed by atoms with Crippen molar-refractivity contribution in [1.29, 1.82) is 0 Å². The molecule has 0 N–H and O–H groups in total. The van der Waals surface area contributed by atoms with Gasteiger partial charge in [-0.15, -0.1) is 0 Å². The Morgan fingerprint density at radius 3 is 1.00 bits per heavy atom. The smallest absolute Gasteiger partial charge is 0.186 e. The minimum Gasteiger partial charge on any atom is -0.289 e. The molecule has 262 valence electrons. The largest absolute Gasteiger partial charge is 0.289 e. The molecule has 2 aliphatic rings. The van der Waals surface area contributed by atoms with Crippen LogP contribution in [0, 0.1) is 33.3 Å². The summed E-state index contributed by atoms with van der Waals surface area (Å²) in [5.41, 5.74) is 3.42. The molecule has 0 fully saturated rings. The van der Waals surface area contributed by atoms with Gasteiger partial charge < -0.3 is 0 Å². The molecule has 6 nitrogen and oxygen atoms in total. The lowest BCUT2D eigenvalue weighted by Crippen LogP contribution is -2.27. The zero-order chi connectivity index (χ0) is 37.4. The molecule has 2 aromatic rings.